The van der Waals surface area contributed by atoms with Gasteiger partial charge in [0.1, 0.15) is 0 Å². The van der Waals surface area contributed by atoms with Crippen LogP contribution in [0.5, 0.6) is 5.88 Å². The minimum absolute atomic E-state index is 0.0612. The van der Waals surface area contributed by atoms with Crippen molar-refractivity contribution >= 4 is 28.0 Å². The van der Waals surface area contributed by atoms with E-state index in [-0.39, 0.29) is 28.9 Å². The zero-order valence-corrected chi connectivity index (χ0v) is 19.3. The van der Waals surface area contributed by atoms with Gasteiger partial charge in [-0.05, 0) is 43.7 Å². The average Bonchev–Trinajstić information content (AvgIpc) is 2.79. The number of carbonyl (C=O) groups excluding carboxylic acids is 3. The summed E-state index contributed by atoms with van der Waals surface area (Å²) in [5, 5.41) is 2.79. The molecular weight excluding hydrogens is 450 g/mol. The smallest absolute Gasteiger partial charge is 0.434 e. The third-order valence-corrected chi connectivity index (χ3v) is 5.77. The number of hydrogen-bond acceptors (Lipinski definition) is 8. The van der Waals surface area contributed by atoms with Crippen LogP contribution in [-0.4, -0.2) is 44.5 Å². The maximum absolute atomic E-state index is 12.5. The summed E-state index contributed by atoms with van der Waals surface area (Å²) in [6.07, 6.45) is 4.24. The molecule has 2 rings (SSSR count). The second-order valence-corrected chi connectivity index (χ2v) is 8.63. The number of nitrogens with zero attached hydrogens (tertiary/aromatic N) is 1. The fraction of sp³-hybridized carbons (Fsp3) is 0.364. The number of sulfonamides is 1. The van der Waals surface area contributed by atoms with Crippen LogP contribution < -0.4 is 14.8 Å². The molecule has 0 saturated heterocycles. The van der Waals surface area contributed by atoms with Crippen LogP contribution in [0.3, 0.4) is 0 Å². The number of rotatable bonds is 11. The quantitative estimate of drug-likeness (QED) is 0.372. The number of pyridine rings is 1. The van der Waals surface area contributed by atoms with Gasteiger partial charge in [-0.25, -0.2) is 22.9 Å². The Balaban J connectivity index is 1.95. The van der Waals surface area contributed by atoms with E-state index in [4.69, 9.17) is 4.74 Å². The van der Waals surface area contributed by atoms with Crippen LogP contribution >= 0.6 is 0 Å². The molecule has 33 heavy (non-hydrogen) atoms. The first-order chi connectivity index (χ1) is 15.8. The second-order valence-electron chi connectivity index (χ2n) is 6.95. The number of ether oxygens (including phenoxy) is 2. The monoisotopic (exact) mass is 477 g/mol. The Morgan fingerprint density at radius 3 is 2.21 bits per heavy atom. The highest BCUT2D eigenvalue weighted by atomic mass is 32.2. The van der Waals surface area contributed by atoms with Crippen LogP contribution in [0, 0.1) is 0 Å². The van der Waals surface area contributed by atoms with Gasteiger partial charge in [0.05, 0.1) is 17.1 Å². The Labute approximate surface area is 192 Å². The fourth-order valence-electron chi connectivity index (χ4n) is 2.69. The second kappa shape index (κ2) is 12.5. The molecule has 0 aliphatic heterocycles. The molecule has 1 heterocycles. The van der Waals surface area contributed by atoms with Crippen molar-refractivity contribution in [1.29, 1.82) is 0 Å². The third-order valence-electron chi connectivity index (χ3n) is 4.42. The van der Waals surface area contributed by atoms with Crippen molar-refractivity contribution in [1.82, 2.24) is 15.0 Å². The molecule has 2 amide bonds. The molecule has 0 aliphatic rings. The molecule has 1 aromatic heterocycles. The molecule has 0 fully saturated rings. The SMILES string of the molecule is CCCCCCNC(=O)c1ccc(S(=O)(=O)NC(=O)c2ccc(OC(=O)OCC)nc2)cc1. The molecule has 2 N–H and O–H groups in total. The highest BCUT2D eigenvalue weighted by Gasteiger charge is 2.20. The number of aromatic nitrogens is 1. The van der Waals surface area contributed by atoms with Gasteiger partial charge in [-0.15, -0.1) is 0 Å². The fourth-order valence-corrected chi connectivity index (χ4v) is 3.66. The molecule has 0 aliphatic carbocycles. The van der Waals surface area contributed by atoms with E-state index in [1.807, 2.05) is 4.72 Å². The van der Waals surface area contributed by atoms with Crippen LogP contribution in [0.2, 0.25) is 0 Å². The molecule has 2 aromatic rings. The van der Waals surface area contributed by atoms with Gasteiger partial charge in [-0.3, -0.25) is 9.59 Å². The number of hydrogen-bond donors (Lipinski definition) is 2. The van der Waals surface area contributed by atoms with Crippen molar-refractivity contribution in [2.24, 2.45) is 0 Å². The van der Waals surface area contributed by atoms with E-state index < -0.39 is 22.1 Å². The number of carbonyl (C=O) groups is 3. The highest BCUT2D eigenvalue weighted by molar-refractivity contribution is 7.90. The summed E-state index contributed by atoms with van der Waals surface area (Å²) in [6.45, 7) is 4.39. The maximum Gasteiger partial charge on any atom is 0.515 e. The van der Waals surface area contributed by atoms with Crippen molar-refractivity contribution in [3.8, 4) is 5.88 Å². The lowest BCUT2D eigenvalue weighted by Gasteiger charge is -2.09. The summed E-state index contributed by atoms with van der Waals surface area (Å²) >= 11 is 0. The van der Waals surface area contributed by atoms with Crippen molar-refractivity contribution < 1.29 is 32.3 Å². The van der Waals surface area contributed by atoms with Crippen LogP contribution in [0.15, 0.2) is 47.5 Å². The molecule has 0 radical (unpaired) electrons. The van der Waals surface area contributed by atoms with Gasteiger partial charge in [0.15, 0.2) is 0 Å². The zero-order chi connectivity index (χ0) is 24.3. The molecule has 0 spiro atoms. The Morgan fingerprint density at radius 2 is 1.61 bits per heavy atom. The van der Waals surface area contributed by atoms with Gasteiger partial charge in [0.25, 0.3) is 21.8 Å². The van der Waals surface area contributed by atoms with E-state index in [0.717, 1.165) is 31.9 Å². The minimum atomic E-state index is -4.18. The molecular formula is C22H27N3O7S. The minimum Gasteiger partial charge on any atom is -0.434 e. The van der Waals surface area contributed by atoms with Gasteiger partial charge >= 0.3 is 6.16 Å². The Morgan fingerprint density at radius 1 is 0.909 bits per heavy atom. The number of amides is 2. The van der Waals surface area contributed by atoms with Crippen LogP contribution in [0.25, 0.3) is 0 Å². The molecule has 0 saturated carbocycles. The number of benzene rings is 1. The topological polar surface area (TPSA) is 141 Å². The van der Waals surface area contributed by atoms with Crippen LogP contribution in [-0.2, 0) is 14.8 Å². The largest absolute Gasteiger partial charge is 0.515 e. The van der Waals surface area contributed by atoms with Crippen LogP contribution in [0.1, 0.15) is 60.2 Å². The van der Waals surface area contributed by atoms with Crippen molar-refractivity contribution in [3.05, 3.63) is 53.7 Å². The number of unbranched alkanes of at least 4 members (excludes halogenated alkanes) is 3. The first-order valence-corrected chi connectivity index (χ1v) is 12.0. The van der Waals surface area contributed by atoms with Gasteiger partial charge in [-0.2, -0.15) is 0 Å². The van der Waals surface area contributed by atoms with E-state index in [1.165, 1.54) is 36.4 Å². The van der Waals surface area contributed by atoms with Crippen molar-refractivity contribution in [2.75, 3.05) is 13.2 Å². The van der Waals surface area contributed by atoms with E-state index >= 15 is 0 Å². The van der Waals surface area contributed by atoms with E-state index in [2.05, 4.69) is 22.0 Å². The molecule has 0 unspecified atom stereocenters. The summed E-state index contributed by atoms with van der Waals surface area (Å²) in [5.74, 6) is -1.32. The normalized spacial score (nSPS) is 10.8. The van der Waals surface area contributed by atoms with E-state index in [9.17, 15) is 22.8 Å². The summed E-state index contributed by atoms with van der Waals surface area (Å²) in [7, 11) is -4.18. The van der Waals surface area contributed by atoms with Crippen molar-refractivity contribution in [2.45, 2.75) is 44.4 Å². The predicted molar refractivity (Wildman–Crippen MR) is 119 cm³/mol. The first-order valence-electron chi connectivity index (χ1n) is 10.5. The summed E-state index contributed by atoms with van der Waals surface area (Å²) in [6, 6.07) is 7.73. The predicted octanol–water partition coefficient (Wildman–Crippen LogP) is 3.05. The zero-order valence-electron chi connectivity index (χ0n) is 18.5. The van der Waals surface area contributed by atoms with Gasteiger partial charge in [-0.1, -0.05) is 26.2 Å². The molecule has 1 aromatic carbocycles. The summed E-state index contributed by atoms with van der Waals surface area (Å²) in [4.78, 5) is 39.3. The lowest BCUT2D eigenvalue weighted by atomic mass is 10.2. The van der Waals surface area contributed by atoms with E-state index in [0.29, 0.717) is 12.1 Å². The van der Waals surface area contributed by atoms with Crippen molar-refractivity contribution in [3.63, 3.8) is 0 Å². The maximum atomic E-state index is 12.5. The number of nitrogens with one attached hydrogen (secondary N) is 2. The standard InChI is InChI=1S/C22H27N3O7S/c1-3-5-6-7-14-23-20(26)16-8-11-18(12-9-16)33(29,30)25-21(27)17-10-13-19(24-15-17)32-22(28)31-4-2/h8-13,15H,3-7,14H2,1-2H3,(H,23,26)(H,25,27). The van der Waals surface area contributed by atoms with Gasteiger partial charge < -0.3 is 14.8 Å². The summed E-state index contributed by atoms with van der Waals surface area (Å²) in [5.41, 5.74) is 0.256. The average molecular weight is 478 g/mol. The highest BCUT2D eigenvalue weighted by Crippen LogP contribution is 2.13. The lowest BCUT2D eigenvalue weighted by molar-refractivity contribution is 0.0949. The lowest BCUT2D eigenvalue weighted by Crippen LogP contribution is -2.30. The van der Waals surface area contributed by atoms with Gasteiger partial charge in [0, 0.05) is 24.4 Å². The first kappa shape index (κ1) is 25.8. The molecule has 0 atom stereocenters. The molecule has 0 bridgehead atoms. The Bertz CT molecular complexity index is 1050. The molecule has 178 valence electrons. The Hall–Kier alpha value is -3.47. The van der Waals surface area contributed by atoms with E-state index in [1.54, 1.807) is 6.92 Å². The summed E-state index contributed by atoms with van der Waals surface area (Å²) < 4.78 is 36.3. The third kappa shape index (κ3) is 8.19. The molecule has 11 heteroatoms. The Kier molecular flexibility index (Phi) is 9.80. The molecule has 10 nitrogen and oxygen atoms in total. The van der Waals surface area contributed by atoms with Gasteiger partial charge in [0.2, 0.25) is 5.88 Å². The van der Waals surface area contributed by atoms with Crippen LogP contribution in [0.4, 0.5) is 4.79 Å².